The summed E-state index contributed by atoms with van der Waals surface area (Å²) in [5, 5.41) is 0. The van der Waals surface area contributed by atoms with Gasteiger partial charge in [-0.2, -0.15) is 0 Å². The number of rotatable bonds is 8. The Labute approximate surface area is 205 Å². The van der Waals surface area contributed by atoms with Crippen LogP contribution in [0, 0.1) is 0 Å². The predicted octanol–water partition coefficient (Wildman–Crippen LogP) is 8.93. The minimum absolute atomic E-state index is 0.122. The summed E-state index contributed by atoms with van der Waals surface area (Å²) in [7, 11) is 0. The third-order valence-corrected chi connectivity index (χ3v) is 6.85. The number of hydrogen-bond donors (Lipinski definition) is 0. The highest BCUT2D eigenvalue weighted by Crippen LogP contribution is 2.42. The SMILES string of the molecule is CC(C)Oc1cc(C(C)c2ccccc2)c(C(C)c2ccccc2)c(C(C)c2ccccc2)c1. The molecule has 0 bridgehead atoms. The normalized spacial score (nSPS) is 13.9. The van der Waals surface area contributed by atoms with E-state index >= 15 is 0 Å². The molecule has 0 aliphatic carbocycles. The lowest BCUT2D eigenvalue weighted by molar-refractivity contribution is 0.242. The Morgan fingerprint density at radius 1 is 0.471 bits per heavy atom. The Morgan fingerprint density at radius 3 is 1.18 bits per heavy atom. The maximum absolute atomic E-state index is 6.31. The van der Waals surface area contributed by atoms with E-state index in [1.165, 1.54) is 33.4 Å². The monoisotopic (exact) mass is 448 g/mol. The van der Waals surface area contributed by atoms with E-state index in [-0.39, 0.29) is 23.9 Å². The average molecular weight is 449 g/mol. The van der Waals surface area contributed by atoms with Crippen LogP contribution in [0.2, 0.25) is 0 Å². The molecule has 4 aromatic rings. The Kier molecular flexibility index (Phi) is 7.53. The second kappa shape index (κ2) is 10.7. The lowest BCUT2D eigenvalue weighted by Crippen LogP contribution is -2.14. The first-order valence-corrected chi connectivity index (χ1v) is 12.4. The molecule has 1 heteroatoms. The highest BCUT2D eigenvalue weighted by atomic mass is 16.5. The second-order valence-corrected chi connectivity index (χ2v) is 9.58. The molecule has 0 aliphatic rings. The Hall–Kier alpha value is -3.32. The quantitative estimate of drug-likeness (QED) is 0.261. The van der Waals surface area contributed by atoms with Crippen LogP contribution in [0.1, 0.15) is 85.8 Å². The molecule has 0 N–H and O–H groups in total. The smallest absolute Gasteiger partial charge is 0.120 e. The Balaban J connectivity index is 1.97. The topological polar surface area (TPSA) is 9.23 Å². The summed E-state index contributed by atoms with van der Waals surface area (Å²) < 4.78 is 6.31. The van der Waals surface area contributed by atoms with Gasteiger partial charge in [0, 0.05) is 17.8 Å². The van der Waals surface area contributed by atoms with Gasteiger partial charge in [0.25, 0.3) is 0 Å². The summed E-state index contributed by atoms with van der Waals surface area (Å²) in [6.07, 6.45) is 0.122. The molecule has 0 saturated heterocycles. The molecule has 34 heavy (non-hydrogen) atoms. The second-order valence-electron chi connectivity index (χ2n) is 9.58. The molecule has 0 aromatic heterocycles. The van der Waals surface area contributed by atoms with E-state index in [0.29, 0.717) is 0 Å². The number of ether oxygens (including phenoxy) is 1. The van der Waals surface area contributed by atoms with Crippen molar-refractivity contribution in [3.8, 4) is 5.75 Å². The van der Waals surface area contributed by atoms with Crippen molar-refractivity contribution in [1.29, 1.82) is 0 Å². The fraction of sp³-hybridized carbons (Fsp3) is 0.273. The summed E-state index contributed by atoms with van der Waals surface area (Å²) in [6.45, 7) is 11.2. The van der Waals surface area contributed by atoms with Crippen LogP contribution in [-0.4, -0.2) is 6.10 Å². The van der Waals surface area contributed by atoms with E-state index < -0.39 is 0 Å². The summed E-state index contributed by atoms with van der Waals surface area (Å²) >= 11 is 0. The molecular formula is C33H36O. The summed E-state index contributed by atoms with van der Waals surface area (Å²) in [4.78, 5) is 0. The lowest BCUT2D eigenvalue weighted by atomic mass is 9.76. The van der Waals surface area contributed by atoms with Crippen molar-refractivity contribution in [3.63, 3.8) is 0 Å². The van der Waals surface area contributed by atoms with Crippen LogP contribution in [0.4, 0.5) is 0 Å². The molecule has 3 atom stereocenters. The molecule has 174 valence electrons. The first kappa shape index (κ1) is 23.8. The zero-order valence-electron chi connectivity index (χ0n) is 21.0. The molecule has 0 spiro atoms. The van der Waals surface area contributed by atoms with Gasteiger partial charge in [-0.3, -0.25) is 0 Å². The minimum Gasteiger partial charge on any atom is -0.491 e. The fourth-order valence-corrected chi connectivity index (χ4v) is 4.98. The van der Waals surface area contributed by atoms with Gasteiger partial charge in [0.05, 0.1) is 6.10 Å². The van der Waals surface area contributed by atoms with Crippen LogP contribution in [0.15, 0.2) is 103 Å². The lowest BCUT2D eigenvalue weighted by Gasteiger charge is -2.29. The predicted molar refractivity (Wildman–Crippen MR) is 144 cm³/mol. The molecule has 0 saturated carbocycles. The highest BCUT2D eigenvalue weighted by molar-refractivity contribution is 5.54. The maximum atomic E-state index is 6.31. The number of benzene rings is 4. The fourth-order valence-electron chi connectivity index (χ4n) is 4.98. The maximum Gasteiger partial charge on any atom is 0.120 e. The van der Waals surface area contributed by atoms with Crippen LogP contribution < -0.4 is 4.74 Å². The molecule has 1 nitrogen and oxygen atoms in total. The van der Waals surface area contributed by atoms with Gasteiger partial charge in [0.15, 0.2) is 0 Å². The van der Waals surface area contributed by atoms with Crippen LogP contribution in [0.3, 0.4) is 0 Å². The van der Waals surface area contributed by atoms with E-state index in [1.807, 2.05) is 0 Å². The van der Waals surface area contributed by atoms with Crippen LogP contribution in [0.25, 0.3) is 0 Å². The van der Waals surface area contributed by atoms with Crippen LogP contribution in [0.5, 0.6) is 5.75 Å². The molecule has 0 fully saturated rings. The van der Waals surface area contributed by atoms with Crippen molar-refractivity contribution < 1.29 is 4.74 Å². The molecule has 3 unspecified atom stereocenters. The van der Waals surface area contributed by atoms with Crippen molar-refractivity contribution >= 4 is 0 Å². The largest absolute Gasteiger partial charge is 0.491 e. The Bertz CT molecular complexity index is 1110. The van der Waals surface area contributed by atoms with Crippen molar-refractivity contribution in [2.24, 2.45) is 0 Å². The zero-order chi connectivity index (χ0) is 24.1. The zero-order valence-corrected chi connectivity index (χ0v) is 21.0. The molecular weight excluding hydrogens is 412 g/mol. The number of hydrogen-bond acceptors (Lipinski definition) is 1. The van der Waals surface area contributed by atoms with E-state index in [4.69, 9.17) is 4.74 Å². The van der Waals surface area contributed by atoms with Crippen molar-refractivity contribution in [2.45, 2.75) is 58.5 Å². The van der Waals surface area contributed by atoms with E-state index in [0.717, 1.165) is 5.75 Å². The average Bonchev–Trinajstić information content (AvgIpc) is 2.88. The first-order chi connectivity index (χ1) is 16.5. The van der Waals surface area contributed by atoms with Gasteiger partial charge in [-0.1, -0.05) is 112 Å². The van der Waals surface area contributed by atoms with Gasteiger partial charge in [-0.05, 0) is 59.4 Å². The molecule has 4 rings (SSSR count). The van der Waals surface area contributed by atoms with Gasteiger partial charge < -0.3 is 4.74 Å². The van der Waals surface area contributed by atoms with Gasteiger partial charge in [-0.25, -0.2) is 0 Å². The molecule has 0 amide bonds. The van der Waals surface area contributed by atoms with Crippen molar-refractivity contribution in [1.82, 2.24) is 0 Å². The van der Waals surface area contributed by atoms with Crippen molar-refractivity contribution in [3.05, 3.63) is 137 Å². The third-order valence-electron chi connectivity index (χ3n) is 6.85. The van der Waals surface area contributed by atoms with Gasteiger partial charge in [-0.15, -0.1) is 0 Å². The standard InChI is InChI=1S/C33H36O/c1-23(2)34-30-21-31(24(3)27-15-9-6-10-16-27)33(26(5)29-19-13-8-14-20-29)32(22-30)25(4)28-17-11-7-12-18-28/h6-26H,1-5H3. The molecule has 4 aromatic carbocycles. The van der Waals surface area contributed by atoms with E-state index in [9.17, 15) is 0 Å². The van der Waals surface area contributed by atoms with Gasteiger partial charge >= 0.3 is 0 Å². The van der Waals surface area contributed by atoms with Gasteiger partial charge in [0.2, 0.25) is 0 Å². The molecule has 0 aliphatic heterocycles. The van der Waals surface area contributed by atoms with Gasteiger partial charge in [0.1, 0.15) is 5.75 Å². The summed E-state index contributed by atoms with van der Waals surface area (Å²) in [5.41, 5.74) is 8.09. The molecule has 0 radical (unpaired) electrons. The van der Waals surface area contributed by atoms with Crippen molar-refractivity contribution in [2.75, 3.05) is 0 Å². The third kappa shape index (κ3) is 5.25. The minimum atomic E-state index is 0.122. The Morgan fingerprint density at radius 2 is 0.824 bits per heavy atom. The molecule has 0 heterocycles. The summed E-state index contributed by atoms with van der Waals surface area (Å²) in [5.74, 6) is 1.71. The van der Waals surface area contributed by atoms with E-state index in [1.54, 1.807) is 0 Å². The first-order valence-electron chi connectivity index (χ1n) is 12.4. The van der Waals surface area contributed by atoms with Crippen LogP contribution >= 0.6 is 0 Å². The highest BCUT2D eigenvalue weighted by Gasteiger charge is 2.26. The summed E-state index contributed by atoms with van der Waals surface area (Å²) in [6, 6.07) is 37.1. The van der Waals surface area contributed by atoms with Crippen LogP contribution in [-0.2, 0) is 0 Å². The van der Waals surface area contributed by atoms with E-state index in [2.05, 4.69) is 138 Å².